The Morgan fingerprint density at radius 2 is 1.27 bits per heavy atom. The molecule has 1 aliphatic rings. The number of hydrogen-bond donors (Lipinski definition) is 0. The van der Waals surface area contributed by atoms with E-state index in [1.165, 1.54) is 51.4 Å². The molecule has 2 atom stereocenters. The summed E-state index contributed by atoms with van der Waals surface area (Å²) in [6.45, 7) is 6.46. The molecule has 3 nitrogen and oxygen atoms in total. The number of rotatable bonds is 13. The third kappa shape index (κ3) is 6.10. The lowest BCUT2D eigenvalue weighted by Crippen LogP contribution is -2.20. The maximum absolute atomic E-state index is 12.2. The Morgan fingerprint density at radius 1 is 0.773 bits per heavy atom. The quantitative estimate of drug-likeness (QED) is 0.275. The summed E-state index contributed by atoms with van der Waals surface area (Å²) in [5.74, 6) is -0.0296. The van der Waals surface area contributed by atoms with Crippen LogP contribution in [0.15, 0.2) is 0 Å². The van der Waals surface area contributed by atoms with Crippen LogP contribution in [0.2, 0.25) is 0 Å². The summed E-state index contributed by atoms with van der Waals surface area (Å²) in [5.41, 5.74) is 0. The normalized spacial score (nSPS) is 23.3. The SMILES string of the molecule is CCCCCCC1C(CCCCCC)C1C(=O)C(=O)OCC. The van der Waals surface area contributed by atoms with Crippen molar-refractivity contribution in [1.82, 2.24) is 0 Å². The molecule has 3 heteroatoms. The maximum atomic E-state index is 12.2. The van der Waals surface area contributed by atoms with Gasteiger partial charge in [0.1, 0.15) is 0 Å². The van der Waals surface area contributed by atoms with Gasteiger partial charge in [0.25, 0.3) is 0 Å². The van der Waals surface area contributed by atoms with Gasteiger partial charge in [0.05, 0.1) is 6.61 Å². The van der Waals surface area contributed by atoms with E-state index in [4.69, 9.17) is 4.74 Å². The van der Waals surface area contributed by atoms with Crippen LogP contribution in [0.3, 0.4) is 0 Å². The maximum Gasteiger partial charge on any atom is 0.374 e. The largest absolute Gasteiger partial charge is 0.460 e. The van der Waals surface area contributed by atoms with Gasteiger partial charge in [0.2, 0.25) is 5.78 Å². The zero-order valence-corrected chi connectivity index (χ0v) is 14.7. The molecule has 1 aliphatic carbocycles. The monoisotopic (exact) mass is 310 g/mol. The Hall–Kier alpha value is -0.860. The van der Waals surface area contributed by atoms with Gasteiger partial charge in [-0.2, -0.15) is 0 Å². The van der Waals surface area contributed by atoms with E-state index in [1.54, 1.807) is 6.92 Å². The number of hydrogen-bond acceptors (Lipinski definition) is 3. The molecule has 22 heavy (non-hydrogen) atoms. The molecule has 0 heterocycles. The van der Waals surface area contributed by atoms with Gasteiger partial charge in [-0.1, -0.05) is 65.2 Å². The van der Waals surface area contributed by atoms with Crippen LogP contribution in [0.25, 0.3) is 0 Å². The van der Waals surface area contributed by atoms with Crippen molar-refractivity contribution in [1.29, 1.82) is 0 Å². The summed E-state index contributed by atoms with van der Waals surface area (Å²) < 4.78 is 4.90. The number of unbranched alkanes of at least 4 members (excludes halogenated alkanes) is 6. The molecule has 1 saturated carbocycles. The van der Waals surface area contributed by atoms with Crippen molar-refractivity contribution in [2.75, 3.05) is 6.61 Å². The van der Waals surface area contributed by atoms with Crippen molar-refractivity contribution in [3.05, 3.63) is 0 Å². The summed E-state index contributed by atoms with van der Waals surface area (Å²) in [6, 6.07) is 0. The first-order chi connectivity index (χ1) is 10.7. The Labute approximate surface area is 136 Å². The molecule has 0 N–H and O–H groups in total. The molecule has 0 radical (unpaired) electrons. The van der Waals surface area contributed by atoms with Gasteiger partial charge < -0.3 is 4.74 Å². The van der Waals surface area contributed by atoms with E-state index in [2.05, 4.69) is 13.8 Å². The topological polar surface area (TPSA) is 43.4 Å². The van der Waals surface area contributed by atoms with E-state index in [9.17, 15) is 9.59 Å². The number of esters is 1. The molecule has 0 aromatic rings. The number of carbonyl (C=O) groups is 2. The first-order valence-electron chi connectivity index (χ1n) is 9.38. The standard InChI is InChI=1S/C19H34O3/c1-4-7-9-11-13-15-16(14-12-10-8-5-2)17(15)18(20)19(21)22-6-3/h15-17H,4-14H2,1-3H3. The third-order valence-electron chi connectivity index (χ3n) is 4.89. The number of Topliss-reactive ketones (excluding diaryl/α,β-unsaturated/α-hetero) is 1. The summed E-state index contributed by atoms with van der Waals surface area (Å²) in [7, 11) is 0. The lowest BCUT2D eigenvalue weighted by atomic mass is 10.1. The molecule has 1 fully saturated rings. The van der Waals surface area contributed by atoms with Crippen LogP contribution >= 0.6 is 0 Å². The fourth-order valence-corrected chi connectivity index (χ4v) is 3.57. The Balaban J connectivity index is 2.42. The van der Waals surface area contributed by atoms with Crippen molar-refractivity contribution < 1.29 is 14.3 Å². The van der Waals surface area contributed by atoms with Crippen LogP contribution < -0.4 is 0 Å². The van der Waals surface area contributed by atoms with Gasteiger partial charge in [-0.05, 0) is 31.6 Å². The predicted octanol–water partition coefficient (Wildman–Crippen LogP) is 4.92. The van der Waals surface area contributed by atoms with E-state index in [0.29, 0.717) is 18.4 Å². The van der Waals surface area contributed by atoms with Gasteiger partial charge in [-0.15, -0.1) is 0 Å². The van der Waals surface area contributed by atoms with Crippen molar-refractivity contribution in [3.8, 4) is 0 Å². The van der Waals surface area contributed by atoms with E-state index < -0.39 is 5.97 Å². The van der Waals surface area contributed by atoms with Crippen molar-refractivity contribution in [2.45, 2.75) is 85.0 Å². The lowest BCUT2D eigenvalue weighted by molar-refractivity contribution is -0.154. The van der Waals surface area contributed by atoms with Crippen molar-refractivity contribution in [3.63, 3.8) is 0 Å². The van der Waals surface area contributed by atoms with Crippen LogP contribution in [-0.2, 0) is 14.3 Å². The second-order valence-corrected chi connectivity index (χ2v) is 6.64. The zero-order chi connectivity index (χ0) is 16.4. The van der Waals surface area contributed by atoms with Gasteiger partial charge in [-0.25, -0.2) is 4.79 Å². The minimum atomic E-state index is -0.609. The first kappa shape index (κ1) is 19.2. The highest BCUT2D eigenvalue weighted by atomic mass is 16.5. The lowest BCUT2D eigenvalue weighted by Gasteiger charge is -2.00. The highest BCUT2D eigenvalue weighted by molar-refractivity contribution is 6.35. The highest BCUT2D eigenvalue weighted by Gasteiger charge is 2.54. The molecule has 0 bridgehead atoms. The molecule has 1 rings (SSSR count). The fourth-order valence-electron chi connectivity index (χ4n) is 3.57. The van der Waals surface area contributed by atoms with E-state index in [1.807, 2.05) is 0 Å². The van der Waals surface area contributed by atoms with Crippen LogP contribution in [0.4, 0.5) is 0 Å². The molecule has 0 spiro atoms. The molecular weight excluding hydrogens is 276 g/mol. The minimum Gasteiger partial charge on any atom is -0.460 e. The van der Waals surface area contributed by atoms with Crippen molar-refractivity contribution in [2.24, 2.45) is 17.8 Å². The number of carbonyl (C=O) groups excluding carboxylic acids is 2. The third-order valence-corrected chi connectivity index (χ3v) is 4.89. The molecular formula is C19H34O3. The van der Waals surface area contributed by atoms with Gasteiger partial charge >= 0.3 is 5.97 Å². The van der Waals surface area contributed by atoms with E-state index in [0.717, 1.165) is 12.8 Å². The first-order valence-corrected chi connectivity index (χ1v) is 9.38. The smallest absolute Gasteiger partial charge is 0.374 e. The molecule has 2 unspecified atom stereocenters. The molecule has 0 aromatic carbocycles. The fraction of sp³-hybridized carbons (Fsp3) is 0.895. The number of ketones is 1. The van der Waals surface area contributed by atoms with Crippen LogP contribution in [0.5, 0.6) is 0 Å². The summed E-state index contributed by atoms with van der Waals surface area (Å²) in [4.78, 5) is 23.9. The van der Waals surface area contributed by atoms with Gasteiger partial charge in [0, 0.05) is 5.92 Å². The average Bonchev–Trinajstić information content (AvgIpc) is 3.20. The summed E-state index contributed by atoms with van der Waals surface area (Å²) in [5, 5.41) is 0. The Bertz CT molecular complexity index is 320. The van der Waals surface area contributed by atoms with Crippen LogP contribution in [-0.4, -0.2) is 18.4 Å². The van der Waals surface area contributed by atoms with Crippen LogP contribution in [0, 0.1) is 17.8 Å². The molecule has 0 saturated heterocycles. The Morgan fingerprint density at radius 3 is 1.68 bits per heavy atom. The zero-order valence-electron chi connectivity index (χ0n) is 14.7. The van der Waals surface area contributed by atoms with Gasteiger partial charge in [-0.3, -0.25) is 4.79 Å². The second kappa shape index (κ2) is 10.8. The highest BCUT2D eigenvalue weighted by Crippen LogP contribution is 2.53. The van der Waals surface area contributed by atoms with Crippen LogP contribution in [0.1, 0.15) is 85.0 Å². The molecule has 0 amide bonds. The molecule has 0 aliphatic heterocycles. The molecule has 128 valence electrons. The number of ether oxygens (including phenoxy) is 1. The summed E-state index contributed by atoms with van der Waals surface area (Å²) in [6.07, 6.45) is 12.1. The van der Waals surface area contributed by atoms with E-state index in [-0.39, 0.29) is 11.7 Å². The summed E-state index contributed by atoms with van der Waals surface area (Å²) >= 11 is 0. The van der Waals surface area contributed by atoms with Crippen molar-refractivity contribution >= 4 is 11.8 Å². The second-order valence-electron chi connectivity index (χ2n) is 6.64. The molecule has 0 aromatic heterocycles. The van der Waals surface area contributed by atoms with Gasteiger partial charge in [0.15, 0.2) is 0 Å². The average molecular weight is 310 g/mol. The van der Waals surface area contributed by atoms with E-state index >= 15 is 0 Å². The Kier molecular flexibility index (Phi) is 9.42. The predicted molar refractivity (Wildman–Crippen MR) is 89.6 cm³/mol. The minimum absolute atomic E-state index is 0.0395.